The molecule has 0 amide bonds. The summed E-state index contributed by atoms with van der Waals surface area (Å²) >= 11 is 7.20. The van der Waals surface area contributed by atoms with Crippen LogP contribution in [0.1, 0.15) is 20.8 Å². The van der Waals surface area contributed by atoms with E-state index < -0.39 is 0 Å². The molecule has 0 fully saturated rings. The monoisotopic (exact) mass is 373 g/mol. The minimum absolute atomic E-state index is 0.494. The minimum Gasteiger partial charge on any atom is -0.369 e. The van der Waals surface area contributed by atoms with Gasteiger partial charge in [-0.25, -0.2) is 0 Å². The lowest BCUT2D eigenvalue weighted by Gasteiger charge is -2.27. The average Bonchev–Trinajstić information content (AvgIpc) is 2.61. The van der Waals surface area contributed by atoms with E-state index >= 15 is 0 Å². The molecule has 2 aromatic carbocycles. The number of thioether (sulfide) groups is 1. The summed E-state index contributed by atoms with van der Waals surface area (Å²) in [6.45, 7) is 8.44. The Morgan fingerprint density at radius 3 is 2.36 bits per heavy atom. The van der Waals surface area contributed by atoms with Gasteiger partial charge in [-0.2, -0.15) is 0 Å². The first-order valence-electron chi connectivity index (χ1n) is 8.69. The number of hydrogen-bond donors (Lipinski definition) is 2. The topological polar surface area (TPSA) is 27.3 Å². The molecule has 5 heteroatoms. The van der Waals surface area contributed by atoms with Crippen molar-refractivity contribution < 1.29 is 0 Å². The molecule has 3 nitrogen and oxygen atoms in total. The van der Waals surface area contributed by atoms with Gasteiger partial charge in [0, 0.05) is 41.2 Å². The highest BCUT2D eigenvalue weighted by Gasteiger charge is 2.08. The van der Waals surface area contributed by atoms with Gasteiger partial charge >= 0.3 is 0 Å². The van der Waals surface area contributed by atoms with Crippen molar-refractivity contribution in [1.82, 2.24) is 5.32 Å². The van der Waals surface area contributed by atoms with E-state index in [0.717, 1.165) is 24.5 Å². The van der Waals surface area contributed by atoms with Gasteiger partial charge in [-0.05, 0) is 69.4 Å². The minimum atomic E-state index is 0.494. The highest BCUT2D eigenvalue weighted by Crippen LogP contribution is 2.20. The fourth-order valence-corrected chi connectivity index (χ4v) is 3.62. The van der Waals surface area contributed by atoms with E-state index in [0.29, 0.717) is 11.2 Å². The Hall–Kier alpha value is -1.72. The molecule has 0 heterocycles. The van der Waals surface area contributed by atoms with E-state index in [1.807, 2.05) is 17.8 Å². The maximum atomic E-state index is 5.37. The van der Waals surface area contributed by atoms with Crippen LogP contribution in [-0.4, -0.2) is 30.0 Å². The zero-order chi connectivity index (χ0) is 18.1. The lowest BCUT2D eigenvalue weighted by atomic mass is 10.2. The third-order valence-electron chi connectivity index (χ3n) is 3.82. The summed E-state index contributed by atoms with van der Waals surface area (Å²) in [4.78, 5) is 3.64. The highest BCUT2D eigenvalue weighted by molar-refractivity contribution is 7.99. The summed E-state index contributed by atoms with van der Waals surface area (Å²) in [5.41, 5.74) is 2.25. The molecule has 2 rings (SSSR count). The number of nitrogens with zero attached hydrogens (tertiary/aromatic N) is 1. The van der Waals surface area contributed by atoms with Crippen molar-refractivity contribution in [3.63, 3.8) is 0 Å². The van der Waals surface area contributed by atoms with Gasteiger partial charge in [0.2, 0.25) is 0 Å². The van der Waals surface area contributed by atoms with Crippen LogP contribution in [0.3, 0.4) is 0 Å². The molecular formula is C20H27N3S2. The number of rotatable bonds is 8. The number of benzene rings is 2. The van der Waals surface area contributed by atoms with Crippen LogP contribution in [0.2, 0.25) is 0 Å². The largest absolute Gasteiger partial charge is 0.369 e. The van der Waals surface area contributed by atoms with E-state index in [1.165, 1.54) is 10.6 Å². The summed E-state index contributed by atoms with van der Waals surface area (Å²) in [6.07, 6.45) is 0. The summed E-state index contributed by atoms with van der Waals surface area (Å²) in [7, 11) is 0. The van der Waals surface area contributed by atoms with Crippen LogP contribution in [0.25, 0.3) is 0 Å². The van der Waals surface area contributed by atoms with Crippen molar-refractivity contribution in [3.05, 3.63) is 54.6 Å². The third kappa shape index (κ3) is 6.59. The second kappa shape index (κ2) is 10.3. The van der Waals surface area contributed by atoms with E-state index in [1.54, 1.807) is 0 Å². The molecule has 134 valence electrons. The van der Waals surface area contributed by atoms with Crippen LogP contribution < -0.4 is 15.5 Å². The molecule has 0 saturated heterocycles. The van der Waals surface area contributed by atoms with Crippen LogP contribution in [0.15, 0.2) is 59.5 Å². The summed E-state index contributed by atoms with van der Waals surface area (Å²) in [5, 5.41) is 7.17. The van der Waals surface area contributed by atoms with Crippen molar-refractivity contribution in [2.24, 2.45) is 0 Å². The molecule has 2 N–H and O–H groups in total. The Labute approximate surface area is 161 Å². The molecule has 0 atom stereocenters. The van der Waals surface area contributed by atoms with Crippen LogP contribution >= 0.6 is 24.0 Å². The number of thiocarbonyl (C=S) groups is 1. The number of nitrogens with one attached hydrogen (secondary N) is 2. The third-order valence-corrected chi connectivity index (χ3v) is 5.08. The molecule has 0 aromatic heterocycles. The van der Waals surface area contributed by atoms with Crippen LogP contribution in [0, 0.1) is 0 Å². The maximum Gasteiger partial charge on any atom is 0.170 e. The molecular weight excluding hydrogens is 346 g/mol. The number of hydrogen-bond acceptors (Lipinski definition) is 3. The zero-order valence-corrected chi connectivity index (χ0v) is 16.8. The fourth-order valence-electron chi connectivity index (χ4n) is 2.61. The maximum absolute atomic E-state index is 5.37. The lowest BCUT2D eigenvalue weighted by molar-refractivity contribution is 0.704. The van der Waals surface area contributed by atoms with Gasteiger partial charge in [0.15, 0.2) is 5.11 Å². The smallest absolute Gasteiger partial charge is 0.170 e. The van der Waals surface area contributed by atoms with Crippen molar-refractivity contribution in [3.8, 4) is 0 Å². The van der Waals surface area contributed by atoms with Crippen molar-refractivity contribution in [1.29, 1.82) is 0 Å². The molecule has 0 unspecified atom stereocenters. The molecule has 0 spiro atoms. The van der Waals surface area contributed by atoms with Gasteiger partial charge < -0.3 is 15.5 Å². The van der Waals surface area contributed by atoms with Crippen LogP contribution in [0.5, 0.6) is 0 Å². The van der Waals surface area contributed by atoms with E-state index in [-0.39, 0.29) is 0 Å². The molecule has 0 aliphatic rings. The molecule has 0 bridgehead atoms. The molecule has 0 radical (unpaired) electrons. The average molecular weight is 374 g/mol. The van der Waals surface area contributed by atoms with Gasteiger partial charge in [0.05, 0.1) is 0 Å². The molecule has 2 aromatic rings. The number of anilines is 2. The SMILES string of the molecule is CCN(c1ccc(NC(=S)NCCSc2ccccc2)cc1)C(C)C. The highest BCUT2D eigenvalue weighted by atomic mass is 32.2. The van der Waals surface area contributed by atoms with Gasteiger partial charge in [-0.1, -0.05) is 18.2 Å². The normalized spacial score (nSPS) is 10.6. The first-order chi connectivity index (χ1) is 12.1. The second-order valence-corrected chi connectivity index (χ2v) is 7.55. The van der Waals surface area contributed by atoms with E-state index in [2.05, 4.69) is 84.8 Å². The molecule has 25 heavy (non-hydrogen) atoms. The van der Waals surface area contributed by atoms with Gasteiger partial charge in [-0.15, -0.1) is 11.8 Å². The molecule has 0 saturated carbocycles. The molecule has 0 aliphatic heterocycles. The Bertz CT molecular complexity index is 642. The predicted octanol–water partition coefficient (Wildman–Crippen LogP) is 5.00. The Morgan fingerprint density at radius 1 is 1.08 bits per heavy atom. The van der Waals surface area contributed by atoms with Crippen molar-refractivity contribution in [2.75, 3.05) is 29.1 Å². The summed E-state index contributed by atoms with van der Waals surface area (Å²) in [5.74, 6) is 0.977. The van der Waals surface area contributed by atoms with Crippen molar-refractivity contribution >= 4 is 40.5 Å². The van der Waals surface area contributed by atoms with Crippen LogP contribution in [0.4, 0.5) is 11.4 Å². The second-order valence-electron chi connectivity index (χ2n) is 5.97. The Morgan fingerprint density at radius 2 is 1.76 bits per heavy atom. The Balaban J connectivity index is 1.75. The quantitative estimate of drug-likeness (QED) is 0.386. The Kier molecular flexibility index (Phi) is 8.09. The van der Waals surface area contributed by atoms with E-state index in [4.69, 9.17) is 12.2 Å². The van der Waals surface area contributed by atoms with Crippen molar-refractivity contribution in [2.45, 2.75) is 31.7 Å². The fraction of sp³-hybridized carbons (Fsp3) is 0.350. The summed E-state index contributed by atoms with van der Waals surface area (Å²) < 4.78 is 0. The van der Waals surface area contributed by atoms with E-state index in [9.17, 15) is 0 Å². The first-order valence-corrected chi connectivity index (χ1v) is 10.1. The van der Waals surface area contributed by atoms with Gasteiger partial charge in [-0.3, -0.25) is 0 Å². The van der Waals surface area contributed by atoms with Gasteiger partial charge in [0.1, 0.15) is 0 Å². The standard InChI is InChI=1S/C20H27N3S2/c1-4-23(16(2)3)18-12-10-17(11-13-18)22-20(24)21-14-15-25-19-8-6-5-7-9-19/h5-13,16H,4,14-15H2,1-3H3,(H2,21,22,24). The zero-order valence-electron chi connectivity index (χ0n) is 15.2. The predicted molar refractivity (Wildman–Crippen MR) is 116 cm³/mol. The van der Waals surface area contributed by atoms with Crippen LogP contribution in [-0.2, 0) is 0 Å². The summed E-state index contributed by atoms with van der Waals surface area (Å²) in [6, 6.07) is 19.3. The molecule has 0 aliphatic carbocycles. The van der Waals surface area contributed by atoms with Gasteiger partial charge in [0.25, 0.3) is 0 Å². The lowest BCUT2D eigenvalue weighted by Crippen LogP contribution is -2.31. The first kappa shape index (κ1) is 19.6.